The van der Waals surface area contributed by atoms with E-state index in [1.807, 2.05) is 24.3 Å². The molecule has 0 aromatic heterocycles. The van der Waals surface area contributed by atoms with Gasteiger partial charge in [0, 0.05) is 19.5 Å². The fourth-order valence-electron chi connectivity index (χ4n) is 4.28. The highest BCUT2D eigenvalue weighted by Gasteiger charge is 2.33. The van der Waals surface area contributed by atoms with Gasteiger partial charge >= 0.3 is 0 Å². The van der Waals surface area contributed by atoms with Crippen molar-refractivity contribution in [3.8, 4) is 5.75 Å². The second-order valence-electron chi connectivity index (χ2n) is 8.18. The van der Waals surface area contributed by atoms with Gasteiger partial charge in [-0.25, -0.2) is 0 Å². The molecule has 2 aromatic rings. The Morgan fingerprint density at radius 1 is 1.07 bits per heavy atom. The molecule has 4 heteroatoms. The van der Waals surface area contributed by atoms with Crippen molar-refractivity contribution < 1.29 is 9.53 Å². The Morgan fingerprint density at radius 2 is 1.79 bits per heavy atom. The van der Waals surface area contributed by atoms with Crippen molar-refractivity contribution >= 4 is 5.91 Å². The summed E-state index contributed by atoms with van der Waals surface area (Å²) in [6, 6.07) is 18.5. The van der Waals surface area contributed by atoms with E-state index in [9.17, 15) is 4.79 Å². The number of hydrogen-bond donors (Lipinski definition) is 0. The Balaban J connectivity index is 1.43. The molecule has 0 saturated carbocycles. The number of carbonyl (C=O) groups is 1. The van der Waals surface area contributed by atoms with Crippen molar-refractivity contribution in [2.24, 2.45) is 5.92 Å². The van der Waals surface area contributed by atoms with E-state index in [1.165, 1.54) is 5.56 Å². The van der Waals surface area contributed by atoms with Crippen LogP contribution in [0, 0.1) is 5.92 Å². The lowest BCUT2D eigenvalue weighted by molar-refractivity contribution is -0.138. The highest BCUT2D eigenvalue weighted by molar-refractivity contribution is 5.82. The molecule has 0 bridgehead atoms. The summed E-state index contributed by atoms with van der Waals surface area (Å²) >= 11 is 0. The summed E-state index contributed by atoms with van der Waals surface area (Å²) in [7, 11) is 2.18. The van der Waals surface area contributed by atoms with Crippen molar-refractivity contribution in [3.63, 3.8) is 0 Å². The molecule has 4 rings (SSSR count). The molecule has 28 heavy (non-hydrogen) atoms. The van der Waals surface area contributed by atoms with E-state index < -0.39 is 0 Å². The number of benzene rings is 2. The Bertz CT molecular complexity index is 759. The van der Waals surface area contributed by atoms with E-state index in [2.05, 4.69) is 47.2 Å². The first kappa shape index (κ1) is 19.0. The van der Waals surface area contributed by atoms with E-state index in [1.54, 1.807) is 0 Å². The molecular formula is C24H30N2O2. The van der Waals surface area contributed by atoms with Crippen LogP contribution in [0.25, 0.3) is 0 Å². The fraction of sp³-hybridized carbons (Fsp3) is 0.458. The van der Waals surface area contributed by atoms with E-state index >= 15 is 0 Å². The third-order valence-corrected chi connectivity index (χ3v) is 6.06. The number of fused-ring (bicyclic) bond motifs is 1. The summed E-state index contributed by atoms with van der Waals surface area (Å²) in [6.45, 7) is 3.84. The smallest absolute Gasteiger partial charge is 0.264 e. The summed E-state index contributed by atoms with van der Waals surface area (Å²) in [5.74, 6) is 1.59. The Hall–Kier alpha value is -2.33. The average Bonchev–Trinajstić information content (AvgIpc) is 3.17. The lowest BCUT2D eigenvalue weighted by Gasteiger charge is -2.34. The monoisotopic (exact) mass is 378 g/mol. The molecule has 0 radical (unpaired) electrons. The van der Waals surface area contributed by atoms with Crippen LogP contribution in [0.4, 0.5) is 0 Å². The molecule has 1 saturated heterocycles. The topological polar surface area (TPSA) is 32.8 Å². The highest BCUT2D eigenvalue weighted by atomic mass is 16.5. The number of likely N-dealkylation sites (tertiary alicyclic amines) is 1. The van der Waals surface area contributed by atoms with E-state index in [-0.39, 0.29) is 12.0 Å². The highest BCUT2D eigenvalue weighted by Crippen LogP contribution is 2.29. The minimum absolute atomic E-state index is 0.144. The zero-order chi connectivity index (χ0) is 19.3. The second-order valence-corrected chi connectivity index (χ2v) is 8.18. The first-order valence-corrected chi connectivity index (χ1v) is 10.4. The molecule has 2 aromatic carbocycles. The molecule has 1 atom stereocenters. The Labute approximate surface area is 168 Å². The Kier molecular flexibility index (Phi) is 5.96. The maximum Gasteiger partial charge on any atom is 0.264 e. The summed E-state index contributed by atoms with van der Waals surface area (Å²) in [5, 5.41) is 0. The first-order valence-electron chi connectivity index (χ1n) is 10.4. The lowest BCUT2D eigenvalue weighted by Crippen LogP contribution is -2.46. The van der Waals surface area contributed by atoms with E-state index in [4.69, 9.17) is 4.74 Å². The second kappa shape index (κ2) is 8.78. The Morgan fingerprint density at radius 3 is 2.54 bits per heavy atom. The van der Waals surface area contributed by atoms with Crippen LogP contribution in [0.2, 0.25) is 0 Å². The van der Waals surface area contributed by atoms with Crippen molar-refractivity contribution in [2.75, 3.05) is 33.2 Å². The zero-order valence-corrected chi connectivity index (χ0v) is 16.7. The first-order chi connectivity index (χ1) is 13.7. The SMILES string of the molecule is CN1CCC(CN(CCc2ccccc2)C(=O)[C@H]2Cc3ccccc3O2)CC1. The molecule has 1 amide bonds. The van der Waals surface area contributed by atoms with E-state index in [0.29, 0.717) is 12.3 Å². The summed E-state index contributed by atoms with van der Waals surface area (Å²) in [5.41, 5.74) is 2.42. The van der Waals surface area contributed by atoms with Gasteiger partial charge in [-0.1, -0.05) is 48.5 Å². The zero-order valence-electron chi connectivity index (χ0n) is 16.7. The standard InChI is InChI=1S/C24H30N2O2/c1-25-14-11-20(12-15-25)18-26(16-13-19-7-3-2-4-8-19)24(27)23-17-21-9-5-6-10-22(21)28-23/h2-10,20,23H,11-18H2,1H3/t23-/m1/s1. The van der Waals surface area contributed by atoms with Crippen LogP contribution in [0.1, 0.15) is 24.0 Å². The van der Waals surface area contributed by atoms with Gasteiger partial charge in [-0.05, 0) is 62.5 Å². The van der Waals surface area contributed by atoms with E-state index in [0.717, 1.165) is 56.8 Å². The molecule has 2 heterocycles. The van der Waals surface area contributed by atoms with Crippen LogP contribution < -0.4 is 4.74 Å². The van der Waals surface area contributed by atoms with Gasteiger partial charge in [0.05, 0.1) is 0 Å². The molecule has 0 spiro atoms. The number of nitrogens with zero attached hydrogens (tertiary/aromatic N) is 2. The number of amides is 1. The van der Waals surface area contributed by atoms with Crippen LogP contribution in [0.15, 0.2) is 54.6 Å². The number of carbonyl (C=O) groups excluding carboxylic acids is 1. The van der Waals surface area contributed by atoms with Crippen LogP contribution >= 0.6 is 0 Å². The van der Waals surface area contributed by atoms with Crippen molar-refractivity contribution in [1.29, 1.82) is 0 Å². The quantitative estimate of drug-likeness (QED) is 0.772. The third-order valence-electron chi connectivity index (χ3n) is 6.06. The molecular weight excluding hydrogens is 348 g/mol. The number of piperidine rings is 1. The van der Waals surface area contributed by atoms with Gasteiger partial charge in [-0.15, -0.1) is 0 Å². The van der Waals surface area contributed by atoms with Gasteiger partial charge < -0.3 is 14.5 Å². The van der Waals surface area contributed by atoms with Crippen molar-refractivity contribution in [3.05, 3.63) is 65.7 Å². The molecule has 4 nitrogen and oxygen atoms in total. The molecule has 2 aliphatic rings. The fourth-order valence-corrected chi connectivity index (χ4v) is 4.28. The minimum Gasteiger partial charge on any atom is -0.480 e. The van der Waals surface area contributed by atoms with Crippen LogP contribution in [0.5, 0.6) is 5.75 Å². The summed E-state index contributed by atoms with van der Waals surface area (Å²) < 4.78 is 6.01. The van der Waals surface area contributed by atoms with Gasteiger partial charge in [0.1, 0.15) is 5.75 Å². The molecule has 1 fully saturated rings. The minimum atomic E-state index is -0.376. The van der Waals surface area contributed by atoms with Gasteiger partial charge in [-0.3, -0.25) is 4.79 Å². The van der Waals surface area contributed by atoms with Gasteiger partial charge in [0.15, 0.2) is 6.10 Å². The summed E-state index contributed by atoms with van der Waals surface area (Å²) in [6.07, 6.45) is 3.53. The van der Waals surface area contributed by atoms with Crippen molar-refractivity contribution in [1.82, 2.24) is 9.80 Å². The maximum atomic E-state index is 13.4. The van der Waals surface area contributed by atoms with Gasteiger partial charge in [0.2, 0.25) is 0 Å². The average molecular weight is 379 g/mol. The molecule has 148 valence electrons. The van der Waals surface area contributed by atoms with Crippen molar-refractivity contribution in [2.45, 2.75) is 31.8 Å². The van der Waals surface area contributed by atoms with Crippen LogP contribution in [-0.4, -0.2) is 55.0 Å². The number of hydrogen-bond acceptors (Lipinski definition) is 3. The molecule has 0 N–H and O–H groups in total. The molecule has 0 aliphatic carbocycles. The molecule has 0 unspecified atom stereocenters. The summed E-state index contributed by atoms with van der Waals surface area (Å²) in [4.78, 5) is 17.8. The normalized spacial score (nSPS) is 19.8. The lowest BCUT2D eigenvalue weighted by atomic mass is 9.96. The van der Waals surface area contributed by atoms with Crippen LogP contribution in [-0.2, 0) is 17.6 Å². The van der Waals surface area contributed by atoms with Gasteiger partial charge in [0.25, 0.3) is 5.91 Å². The number of ether oxygens (including phenoxy) is 1. The largest absolute Gasteiger partial charge is 0.480 e. The number of rotatable bonds is 6. The number of para-hydroxylation sites is 1. The predicted octanol–water partition coefficient (Wildman–Crippen LogP) is 3.40. The molecule has 2 aliphatic heterocycles. The maximum absolute atomic E-state index is 13.4. The van der Waals surface area contributed by atoms with Gasteiger partial charge in [-0.2, -0.15) is 0 Å². The third kappa shape index (κ3) is 4.56. The predicted molar refractivity (Wildman–Crippen MR) is 112 cm³/mol. The van der Waals surface area contributed by atoms with Crippen LogP contribution in [0.3, 0.4) is 0 Å².